The largest absolute Gasteiger partial charge is 3.00 e. The molecule has 0 aliphatic rings. The van der Waals surface area contributed by atoms with Gasteiger partial charge in [-0.1, -0.05) is 74.2 Å². The van der Waals surface area contributed by atoms with Crippen molar-refractivity contribution in [2.45, 2.75) is 39.0 Å². The Morgan fingerprint density at radius 2 is 1.54 bits per heavy atom. The van der Waals surface area contributed by atoms with Crippen molar-refractivity contribution in [1.82, 2.24) is 0 Å². The van der Waals surface area contributed by atoms with Gasteiger partial charge in [0.25, 0.3) is 0 Å². The first kappa shape index (κ1) is 23.5. The number of halogens is 2. The van der Waals surface area contributed by atoms with Gasteiger partial charge in [-0.25, -0.2) is 0 Å². The summed E-state index contributed by atoms with van der Waals surface area (Å²) in [6, 6.07) is 22.3. The average Bonchev–Trinajstić information content (AvgIpc) is 2.96. The molecule has 1 radical (unpaired) electrons. The Kier molecular flexibility index (Phi) is 11.7. The third kappa shape index (κ3) is 6.10. The number of rotatable bonds is 6. The summed E-state index contributed by atoms with van der Waals surface area (Å²) in [4.78, 5) is 0. The summed E-state index contributed by atoms with van der Waals surface area (Å²) in [7, 11) is 0. The number of benzene rings is 2. The van der Waals surface area contributed by atoms with Gasteiger partial charge < -0.3 is 24.8 Å². The van der Waals surface area contributed by atoms with Gasteiger partial charge in [-0.15, -0.1) is 34.5 Å². The van der Waals surface area contributed by atoms with Crippen LogP contribution in [0.2, 0.25) is 0 Å². The first-order valence-electron chi connectivity index (χ1n) is 8.11. The average molecular weight is 438 g/mol. The second-order valence-electron chi connectivity index (χ2n) is 5.88. The number of unbranched alkanes of at least 4 members (excludes halogenated alkanes) is 3. The van der Waals surface area contributed by atoms with Crippen molar-refractivity contribution in [3.05, 3.63) is 66.2 Å². The monoisotopic (exact) mass is 435 g/mol. The minimum absolute atomic E-state index is 0. The zero-order valence-corrected chi connectivity index (χ0v) is 18.0. The zero-order chi connectivity index (χ0) is 14.5. The Balaban J connectivity index is 0.00000176. The Bertz CT molecular complexity index is 668. The third-order valence-electron chi connectivity index (χ3n) is 4.22. The summed E-state index contributed by atoms with van der Waals surface area (Å²) in [5.74, 6) is 0. The topological polar surface area (TPSA) is 0 Å². The molecular formula is C21H23Cl2Zr. The van der Waals surface area contributed by atoms with Crippen molar-refractivity contribution in [2.75, 3.05) is 0 Å². The quantitative estimate of drug-likeness (QED) is 0.386. The molecule has 0 saturated carbocycles. The van der Waals surface area contributed by atoms with Gasteiger partial charge in [0.15, 0.2) is 0 Å². The molecule has 3 aromatic carbocycles. The molecule has 125 valence electrons. The van der Waals surface area contributed by atoms with Gasteiger partial charge in [0.1, 0.15) is 0 Å². The van der Waals surface area contributed by atoms with E-state index in [0.29, 0.717) is 0 Å². The first-order valence-corrected chi connectivity index (χ1v) is 8.11. The first-order chi connectivity index (χ1) is 10.4. The maximum atomic E-state index is 2.29. The van der Waals surface area contributed by atoms with Crippen LogP contribution < -0.4 is 24.8 Å². The van der Waals surface area contributed by atoms with Gasteiger partial charge >= 0.3 is 26.2 Å². The number of hydrogen-bond donors (Lipinski definition) is 0. The van der Waals surface area contributed by atoms with E-state index in [9.17, 15) is 0 Å². The second-order valence-corrected chi connectivity index (χ2v) is 5.88. The van der Waals surface area contributed by atoms with Crippen molar-refractivity contribution >= 4 is 10.8 Å². The summed E-state index contributed by atoms with van der Waals surface area (Å²) in [6.07, 6.45) is 6.55. The van der Waals surface area contributed by atoms with E-state index in [2.05, 4.69) is 67.6 Å². The van der Waals surface area contributed by atoms with Crippen LogP contribution in [0.1, 0.15) is 38.2 Å². The van der Waals surface area contributed by atoms with Crippen molar-refractivity contribution in [3.8, 4) is 11.1 Å². The third-order valence-corrected chi connectivity index (χ3v) is 4.22. The zero-order valence-electron chi connectivity index (χ0n) is 14.1. The fourth-order valence-electron chi connectivity index (χ4n) is 2.94. The van der Waals surface area contributed by atoms with Crippen LogP contribution in [-0.2, 0) is 32.6 Å². The van der Waals surface area contributed by atoms with Crippen LogP contribution in [-0.4, -0.2) is 0 Å². The Hall–Kier alpha value is -0.487. The molecule has 0 N–H and O–H groups in total. The smallest absolute Gasteiger partial charge is 1.00 e. The van der Waals surface area contributed by atoms with E-state index in [4.69, 9.17) is 0 Å². The van der Waals surface area contributed by atoms with Gasteiger partial charge in [-0.2, -0.15) is 0 Å². The van der Waals surface area contributed by atoms with E-state index in [0.717, 1.165) is 0 Å². The molecule has 0 aliphatic carbocycles. The standard InChI is InChI=1S/C21H23.2ClH.Zr/c1-2-3-4-5-8-17-11-13-18(14-12-17)21-15-19-9-6-7-10-20(19)16-21;;;/h6-7,9-16H,2-5,8H2,1H3;2*1H;/q-1;;;+3/p-2. The molecule has 0 saturated heterocycles. The van der Waals surface area contributed by atoms with Crippen LogP contribution in [0.5, 0.6) is 0 Å². The van der Waals surface area contributed by atoms with E-state index in [1.165, 1.54) is 59.6 Å². The molecule has 0 nitrogen and oxygen atoms in total. The minimum atomic E-state index is 0. The molecule has 3 heteroatoms. The molecular weight excluding hydrogens is 414 g/mol. The molecule has 0 aromatic heterocycles. The van der Waals surface area contributed by atoms with Crippen molar-refractivity contribution in [1.29, 1.82) is 0 Å². The van der Waals surface area contributed by atoms with E-state index < -0.39 is 0 Å². The Morgan fingerprint density at radius 1 is 0.833 bits per heavy atom. The number of hydrogen-bond acceptors (Lipinski definition) is 0. The molecule has 0 fully saturated rings. The summed E-state index contributed by atoms with van der Waals surface area (Å²) in [6.45, 7) is 2.26. The minimum Gasteiger partial charge on any atom is -1.00 e. The van der Waals surface area contributed by atoms with Crippen molar-refractivity contribution in [3.63, 3.8) is 0 Å². The molecule has 3 aromatic rings. The van der Waals surface area contributed by atoms with Crippen LogP contribution in [0.25, 0.3) is 21.9 Å². The van der Waals surface area contributed by atoms with Crippen LogP contribution in [0, 0.1) is 0 Å². The van der Waals surface area contributed by atoms with Crippen LogP contribution in [0.15, 0.2) is 60.7 Å². The number of aryl methyl sites for hydroxylation is 1. The Labute approximate surface area is 177 Å². The normalized spacial score (nSPS) is 9.71. The van der Waals surface area contributed by atoms with Gasteiger partial charge in [0.2, 0.25) is 0 Å². The molecule has 0 bridgehead atoms. The molecule has 0 heterocycles. The van der Waals surface area contributed by atoms with E-state index in [1.54, 1.807) is 0 Å². The van der Waals surface area contributed by atoms with Gasteiger partial charge in [-0.3, -0.25) is 0 Å². The van der Waals surface area contributed by atoms with E-state index in [1.807, 2.05) is 0 Å². The van der Waals surface area contributed by atoms with E-state index in [-0.39, 0.29) is 51.0 Å². The molecule has 0 amide bonds. The van der Waals surface area contributed by atoms with Gasteiger partial charge in [-0.05, 0) is 18.4 Å². The fourth-order valence-corrected chi connectivity index (χ4v) is 2.94. The second kappa shape index (κ2) is 12.0. The molecule has 0 spiro atoms. The molecule has 3 rings (SSSR count). The Morgan fingerprint density at radius 3 is 2.21 bits per heavy atom. The van der Waals surface area contributed by atoms with Gasteiger partial charge in [0.05, 0.1) is 0 Å². The fraction of sp³-hybridized carbons (Fsp3) is 0.286. The maximum Gasteiger partial charge on any atom is 3.00 e. The summed E-state index contributed by atoms with van der Waals surface area (Å²) >= 11 is 0. The van der Waals surface area contributed by atoms with E-state index >= 15 is 0 Å². The SMILES string of the molecule is CCCCCCc1ccc(-c2cc3ccccc3[cH-]2)cc1.[Cl-].[Cl-].[Zr+3]. The summed E-state index contributed by atoms with van der Waals surface area (Å²) in [5, 5.41) is 2.66. The van der Waals surface area contributed by atoms with Crippen LogP contribution in [0.4, 0.5) is 0 Å². The van der Waals surface area contributed by atoms with Crippen LogP contribution in [0.3, 0.4) is 0 Å². The maximum absolute atomic E-state index is 2.29. The molecule has 0 unspecified atom stereocenters. The molecule has 0 atom stereocenters. The summed E-state index contributed by atoms with van der Waals surface area (Å²) < 4.78 is 0. The number of fused-ring (bicyclic) bond motifs is 1. The molecule has 24 heavy (non-hydrogen) atoms. The molecule has 0 aliphatic heterocycles. The van der Waals surface area contributed by atoms with Gasteiger partial charge in [0, 0.05) is 0 Å². The predicted molar refractivity (Wildman–Crippen MR) is 92.8 cm³/mol. The predicted octanol–water partition coefficient (Wildman–Crippen LogP) is 0.354. The van der Waals surface area contributed by atoms with Crippen molar-refractivity contribution < 1.29 is 51.0 Å². The van der Waals surface area contributed by atoms with Crippen LogP contribution >= 0.6 is 0 Å². The van der Waals surface area contributed by atoms with Crippen molar-refractivity contribution in [2.24, 2.45) is 0 Å². The summed E-state index contributed by atoms with van der Waals surface area (Å²) in [5.41, 5.74) is 4.11.